The number of H-pyrrole nitrogens is 1. The van der Waals surface area contributed by atoms with Crippen LogP contribution >= 0.6 is 0 Å². The van der Waals surface area contributed by atoms with Crippen LogP contribution in [0.4, 0.5) is 5.69 Å². The first-order valence-electron chi connectivity index (χ1n) is 6.56. The minimum absolute atomic E-state index is 0.148. The molecule has 21 heavy (non-hydrogen) atoms. The van der Waals surface area contributed by atoms with Crippen molar-refractivity contribution < 1.29 is 14.5 Å². The van der Waals surface area contributed by atoms with Crippen molar-refractivity contribution in [3.05, 3.63) is 46.0 Å². The number of carbonyl (C=O) groups excluding carboxylic acids is 1. The van der Waals surface area contributed by atoms with Crippen LogP contribution in [-0.4, -0.2) is 27.5 Å². The van der Waals surface area contributed by atoms with Crippen LogP contribution in [0.15, 0.2) is 24.5 Å². The number of carbonyl (C=O) groups is 1. The maximum Gasteiger partial charge on any atom is 0.355 e. The van der Waals surface area contributed by atoms with E-state index in [4.69, 9.17) is 4.74 Å². The summed E-state index contributed by atoms with van der Waals surface area (Å²) in [4.78, 5) is 29.3. The topological polar surface area (TPSA) is 98.1 Å². The third kappa shape index (κ3) is 2.91. The summed E-state index contributed by atoms with van der Waals surface area (Å²) >= 11 is 0. The van der Waals surface area contributed by atoms with Gasteiger partial charge in [0, 0.05) is 17.5 Å². The molecule has 0 saturated heterocycles. The Bertz CT molecular complexity index is 679. The van der Waals surface area contributed by atoms with E-state index in [1.165, 1.54) is 18.5 Å². The number of hydrogen-bond acceptors (Lipinski definition) is 5. The van der Waals surface area contributed by atoms with Crippen LogP contribution in [0.25, 0.3) is 11.1 Å². The fourth-order valence-electron chi connectivity index (χ4n) is 2.04. The first kappa shape index (κ1) is 14.7. The molecule has 0 aromatic carbocycles. The molecule has 110 valence electrons. The molecule has 0 aliphatic heterocycles. The molecule has 2 rings (SSSR count). The first-order chi connectivity index (χ1) is 10.1. The molecule has 0 radical (unpaired) electrons. The van der Waals surface area contributed by atoms with Gasteiger partial charge in [0.25, 0.3) is 5.69 Å². The standard InChI is InChI=1S/C14H15N3O4/c1-3-9-7-11(13(16-9)14(18)21-4-2)10-5-6-15-8-12(10)17(19)20/h5-8,16H,3-4H2,1-2H3. The predicted octanol–water partition coefficient (Wildman–Crippen LogP) is 2.72. The van der Waals surface area contributed by atoms with Gasteiger partial charge in [0.1, 0.15) is 11.9 Å². The summed E-state index contributed by atoms with van der Waals surface area (Å²) in [5.74, 6) is -0.529. The average molecular weight is 289 g/mol. The normalized spacial score (nSPS) is 10.4. The maximum atomic E-state index is 12.0. The second-order valence-corrected chi connectivity index (χ2v) is 4.31. The molecule has 7 nitrogen and oxygen atoms in total. The van der Waals surface area contributed by atoms with Crippen molar-refractivity contribution in [2.45, 2.75) is 20.3 Å². The van der Waals surface area contributed by atoms with Crippen molar-refractivity contribution in [2.75, 3.05) is 6.61 Å². The van der Waals surface area contributed by atoms with Crippen LogP contribution in [0.1, 0.15) is 30.0 Å². The second kappa shape index (κ2) is 6.17. The van der Waals surface area contributed by atoms with Gasteiger partial charge in [0.2, 0.25) is 0 Å². The molecular formula is C14H15N3O4. The molecule has 0 aliphatic carbocycles. The zero-order chi connectivity index (χ0) is 15.4. The third-order valence-electron chi connectivity index (χ3n) is 3.02. The SMILES string of the molecule is CCOC(=O)c1[nH]c(CC)cc1-c1ccncc1[N+](=O)[O-]. The van der Waals surface area contributed by atoms with E-state index in [1.54, 1.807) is 13.0 Å². The molecule has 0 amide bonds. The Morgan fingerprint density at radius 3 is 2.81 bits per heavy atom. The highest BCUT2D eigenvalue weighted by Crippen LogP contribution is 2.32. The van der Waals surface area contributed by atoms with E-state index in [1.807, 2.05) is 6.92 Å². The molecule has 0 unspecified atom stereocenters. The molecule has 0 saturated carbocycles. The molecule has 2 heterocycles. The largest absolute Gasteiger partial charge is 0.461 e. The van der Waals surface area contributed by atoms with Crippen LogP contribution in [-0.2, 0) is 11.2 Å². The van der Waals surface area contributed by atoms with E-state index in [-0.39, 0.29) is 18.0 Å². The fraction of sp³-hybridized carbons (Fsp3) is 0.286. The van der Waals surface area contributed by atoms with Crippen LogP contribution in [0.3, 0.4) is 0 Å². The molecule has 0 fully saturated rings. The Morgan fingerprint density at radius 1 is 1.43 bits per heavy atom. The van der Waals surface area contributed by atoms with Gasteiger partial charge in [-0.15, -0.1) is 0 Å². The number of nitrogens with one attached hydrogen (secondary N) is 1. The van der Waals surface area contributed by atoms with Crippen LogP contribution in [0.5, 0.6) is 0 Å². The van der Waals surface area contributed by atoms with E-state index in [9.17, 15) is 14.9 Å². The van der Waals surface area contributed by atoms with E-state index < -0.39 is 10.9 Å². The fourth-order valence-corrected chi connectivity index (χ4v) is 2.04. The first-order valence-corrected chi connectivity index (χ1v) is 6.56. The summed E-state index contributed by atoms with van der Waals surface area (Å²) in [6.07, 6.45) is 3.30. The zero-order valence-corrected chi connectivity index (χ0v) is 11.8. The van der Waals surface area contributed by atoms with Gasteiger partial charge in [-0.1, -0.05) is 6.92 Å². The summed E-state index contributed by atoms with van der Waals surface area (Å²) < 4.78 is 4.99. The minimum Gasteiger partial charge on any atom is -0.461 e. The highest BCUT2D eigenvalue weighted by atomic mass is 16.6. The smallest absolute Gasteiger partial charge is 0.355 e. The van der Waals surface area contributed by atoms with Crippen molar-refractivity contribution in [3.63, 3.8) is 0 Å². The van der Waals surface area contributed by atoms with Gasteiger partial charge in [0.15, 0.2) is 0 Å². The lowest BCUT2D eigenvalue weighted by Gasteiger charge is -2.04. The summed E-state index contributed by atoms with van der Waals surface area (Å²) in [6, 6.07) is 3.25. The quantitative estimate of drug-likeness (QED) is 0.518. The number of esters is 1. The van der Waals surface area contributed by atoms with Gasteiger partial charge in [-0.3, -0.25) is 15.1 Å². The second-order valence-electron chi connectivity index (χ2n) is 4.31. The van der Waals surface area contributed by atoms with Crippen molar-refractivity contribution in [2.24, 2.45) is 0 Å². The van der Waals surface area contributed by atoms with Crippen molar-refractivity contribution in [1.29, 1.82) is 0 Å². The monoisotopic (exact) mass is 289 g/mol. The lowest BCUT2D eigenvalue weighted by molar-refractivity contribution is -0.384. The Labute approximate surface area is 121 Å². The van der Waals surface area contributed by atoms with Gasteiger partial charge < -0.3 is 9.72 Å². The number of hydrogen-bond donors (Lipinski definition) is 1. The van der Waals surface area contributed by atoms with Crippen molar-refractivity contribution >= 4 is 11.7 Å². The van der Waals surface area contributed by atoms with E-state index in [2.05, 4.69) is 9.97 Å². The van der Waals surface area contributed by atoms with E-state index >= 15 is 0 Å². The van der Waals surface area contributed by atoms with E-state index in [0.717, 1.165) is 5.69 Å². The Kier molecular flexibility index (Phi) is 4.32. The van der Waals surface area contributed by atoms with Crippen LogP contribution in [0.2, 0.25) is 0 Å². The molecule has 1 N–H and O–H groups in total. The lowest BCUT2D eigenvalue weighted by atomic mass is 10.1. The number of nitrogens with zero attached hydrogens (tertiary/aromatic N) is 2. The summed E-state index contributed by atoms with van der Waals surface area (Å²) in [5.41, 5.74) is 1.68. The summed E-state index contributed by atoms with van der Waals surface area (Å²) in [7, 11) is 0. The molecule has 0 bridgehead atoms. The van der Waals surface area contributed by atoms with Gasteiger partial charge in [-0.2, -0.15) is 0 Å². The molecule has 0 atom stereocenters. The van der Waals surface area contributed by atoms with Crippen molar-refractivity contribution in [3.8, 4) is 11.1 Å². The molecule has 0 spiro atoms. The van der Waals surface area contributed by atoms with Crippen molar-refractivity contribution in [1.82, 2.24) is 9.97 Å². The average Bonchev–Trinajstić information content (AvgIpc) is 2.91. The number of pyridine rings is 1. The Hall–Kier alpha value is -2.70. The molecular weight excluding hydrogens is 274 g/mol. The van der Waals surface area contributed by atoms with Crippen LogP contribution in [0, 0.1) is 10.1 Å². The number of ether oxygens (including phenoxy) is 1. The maximum absolute atomic E-state index is 12.0. The highest BCUT2D eigenvalue weighted by Gasteiger charge is 2.23. The molecule has 2 aromatic heterocycles. The van der Waals surface area contributed by atoms with Gasteiger partial charge >= 0.3 is 5.97 Å². The molecule has 7 heteroatoms. The molecule has 2 aromatic rings. The number of nitro groups is 1. The summed E-state index contributed by atoms with van der Waals surface area (Å²) in [6.45, 7) is 3.86. The number of aromatic amines is 1. The predicted molar refractivity (Wildman–Crippen MR) is 76.0 cm³/mol. The third-order valence-corrected chi connectivity index (χ3v) is 3.02. The minimum atomic E-state index is -0.529. The Morgan fingerprint density at radius 2 is 2.19 bits per heavy atom. The number of aryl methyl sites for hydroxylation is 1. The van der Waals surface area contributed by atoms with E-state index in [0.29, 0.717) is 17.5 Å². The lowest BCUT2D eigenvalue weighted by Crippen LogP contribution is -2.07. The number of rotatable bonds is 5. The van der Waals surface area contributed by atoms with Crippen LogP contribution < -0.4 is 0 Å². The van der Waals surface area contributed by atoms with Gasteiger partial charge in [-0.25, -0.2) is 4.79 Å². The summed E-state index contributed by atoms with van der Waals surface area (Å²) in [5, 5.41) is 11.1. The Balaban J connectivity index is 2.60. The highest BCUT2D eigenvalue weighted by molar-refractivity contribution is 5.97. The van der Waals surface area contributed by atoms with Gasteiger partial charge in [0.05, 0.1) is 17.1 Å². The zero-order valence-electron chi connectivity index (χ0n) is 11.8. The number of aromatic nitrogens is 2. The molecule has 0 aliphatic rings. The van der Waals surface area contributed by atoms with Gasteiger partial charge in [-0.05, 0) is 25.5 Å².